The molecule has 1 rings (SSSR count). The van der Waals surface area contributed by atoms with Gasteiger partial charge in [-0.05, 0) is 65.1 Å². The first-order valence-electron chi connectivity index (χ1n) is 7.82. The number of nitrogens with zero attached hydrogens (tertiary/aromatic N) is 1. The minimum atomic E-state index is -0.535. The molecule has 112 valence electrons. The molecular weight excluding hydrogens is 238 g/mol. The number of rotatable bonds is 11. The Balaban J connectivity index is 2.25. The molecule has 0 bridgehead atoms. The van der Waals surface area contributed by atoms with Gasteiger partial charge in [0.2, 0.25) is 5.91 Å². The monoisotopic (exact) mass is 269 g/mol. The molecule has 0 radical (unpaired) electrons. The lowest BCUT2D eigenvalue weighted by atomic mass is 9.93. The molecule has 19 heavy (non-hydrogen) atoms. The number of nitrogens with two attached hydrogens (primary N) is 1. The van der Waals surface area contributed by atoms with Crippen molar-refractivity contribution < 1.29 is 4.79 Å². The maximum Gasteiger partial charge on any atom is 0.237 e. The highest BCUT2D eigenvalue weighted by Crippen LogP contribution is 2.27. The Morgan fingerprint density at radius 1 is 1.37 bits per heavy atom. The highest BCUT2D eigenvalue weighted by atomic mass is 16.1. The van der Waals surface area contributed by atoms with Crippen LogP contribution in [0.25, 0.3) is 0 Å². The van der Waals surface area contributed by atoms with Gasteiger partial charge in [-0.25, -0.2) is 0 Å². The second-order valence-corrected chi connectivity index (χ2v) is 5.94. The molecule has 1 unspecified atom stereocenters. The molecule has 0 aromatic carbocycles. The van der Waals surface area contributed by atoms with Gasteiger partial charge >= 0.3 is 0 Å². The predicted molar refractivity (Wildman–Crippen MR) is 80.0 cm³/mol. The standard InChI is InChI=1S/C15H31N3O/c1-4-11-17-15(3,14(16)19)10-6-7-12-18(5-2)13-8-9-13/h13,17H,4-12H2,1-3H3,(H2,16,19). The predicted octanol–water partition coefficient (Wildman–Crippen LogP) is 1.88. The van der Waals surface area contributed by atoms with Crippen LogP contribution in [0, 0.1) is 0 Å². The van der Waals surface area contributed by atoms with Crippen LogP contribution in [0.3, 0.4) is 0 Å². The van der Waals surface area contributed by atoms with Gasteiger partial charge in [0.25, 0.3) is 0 Å². The van der Waals surface area contributed by atoms with Gasteiger partial charge < -0.3 is 16.0 Å². The fourth-order valence-corrected chi connectivity index (χ4v) is 2.53. The highest BCUT2D eigenvalue weighted by Gasteiger charge is 2.30. The molecule has 0 saturated heterocycles. The van der Waals surface area contributed by atoms with Crippen molar-refractivity contribution in [3.63, 3.8) is 0 Å². The van der Waals surface area contributed by atoms with Crippen LogP contribution in [0.5, 0.6) is 0 Å². The third-order valence-corrected chi connectivity index (χ3v) is 4.15. The Kier molecular flexibility index (Phi) is 6.80. The molecule has 4 heteroatoms. The maximum absolute atomic E-state index is 11.6. The summed E-state index contributed by atoms with van der Waals surface area (Å²) in [6.45, 7) is 9.42. The van der Waals surface area contributed by atoms with Crippen LogP contribution in [0.2, 0.25) is 0 Å². The number of carbonyl (C=O) groups is 1. The zero-order valence-corrected chi connectivity index (χ0v) is 12.9. The van der Waals surface area contributed by atoms with Crippen LogP contribution in [-0.4, -0.2) is 42.0 Å². The summed E-state index contributed by atoms with van der Waals surface area (Å²) in [5, 5.41) is 3.29. The van der Waals surface area contributed by atoms with Crippen LogP contribution >= 0.6 is 0 Å². The molecule has 3 N–H and O–H groups in total. The Hall–Kier alpha value is -0.610. The summed E-state index contributed by atoms with van der Waals surface area (Å²) < 4.78 is 0. The van der Waals surface area contributed by atoms with Crippen molar-refractivity contribution in [3.05, 3.63) is 0 Å². The lowest BCUT2D eigenvalue weighted by molar-refractivity contribution is -0.124. The van der Waals surface area contributed by atoms with Crippen molar-refractivity contribution >= 4 is 5.91 Å². The van der Waals surface area contributed by atoms with Gasteiger partial charge in [-0.2, -0.15) is 0 Å². The van der Waals surface area contributed by atoms with E-state index in [0.29, 0.717) is 0 Å². The largest absolute Gasteiger partial charge is 0.368 e. The zero-order chi connectivity index (χ0) is 14.3. The van der Waals surface area contributed by atoms with Gasteiger partial charge in [-0.15, -0.1) is 0 Å². The van der Waals surface area contributed by atoms with Crippen molar-refractivity contribution in [3.8, 4) is 0 Å². The average molecular weight is 269 g/mol. The van der Waals surface area contributed by atoms with E-state index < -0.39 is 5.54 Å². The number of hydrogen-bond acceptors (Lipinski definition) is 3. The number of unbranched alkanes of at least 4 members (excludes halogenated alkanes) is 1. The second kappa shape index (κ2) is 7.85. The van der Waals surface area contributed by atoms with Gasteiger partial charge in [0.15, 0.2) is 0 Å². The van der Waals surface area contributed by atoms with Crippen LogP contribution in [0.4, 0.5) is 0 Å². The van der Waals surface area contributed by atoms with Gasteiger partial charge in [0, 0.05) is 6.04 Å². The highest BCUT2D eigenvalue weighted by molar-refractivity contribution is 5.84. The molecule has 1 fully saturated rings. The minimum absolute atomic E-state index is 0.226. The van der Waals surface area contributed by atoms with E-state index in [0.717, 1.165) is 51.4 Å². The van der Waals surface area contributed by atoms with E-state index in [9.17, 15) is 4.79 Å². The maximum atomic E-state index is 11.6. The van der Waals surface area contributed by atoms with Gasteiger partial charge in [-0.3, -0.25) is 4.79 Å². The van der Waals surface area contributed by atoms with E-state index in [2.05, 4.69) is 24.1 Å². The Bertz CT molecular complexity index is 279. The Morgan fingerprint density at radius 3 is 2.53 bits per heavy atom. The number of carbonyl (C=O) groups excluding carboxylic acids is 1. The summed E-state index contributed by atoms with van der Waals surface area (Å²) in [6, 6.07) is 0.839. The van der Waals surface area contributed by atoms with Crippen LogP contribution in [0.1, 0.15) is 59.3 Å². The summed E-state index contributed by atoms with van der Waals surface area (Å²) in [7, 11) is 0. The van der Waals surface area contributed by atoms with Gasteiger partial charge in [-0.1, -0.05) is 13.8 Å². The molecule has 1 amide bonds. The molecular formula is C15H31N3O. The lowest BCUT2D eigenvalue weighted by Crippen LogP contribution is -2.53. The number of hydrogen-bond donors (Lipinski definition) is 2. The lowest BCUT2D eigenvalue weighted by Gasteiger charge is -2.28. The number of nitrogens with one attached hydrogen (secondary N) is 1. The van der Waals surface area contributed by atoms with E-state index >= 15 is 0 Å². The fraction of sp³-hybridized carbons (Fsp3) is 0.933. The smallest absolute Gasteiger partial charge is 0.237 e. The zero-order valence-electron chi connectivity index (χ0n) is 12.9. The Morgan fingerprint density at radius 2 is 2.05 bits per heavy atom. The van der Waals surface area contributed by atoms with E-state index in [1.54, 1.807) is 0 Å². The van der Waals surface area contributed by atoms with Gasteiger partial charge in [0.05, 0.1) is 5.54 Å². The molecule has 1 saturated carbocycles. The third kappa shape index (κ3) is 5.49. The van der Waals surface area contributed by atoms with Gasteiger partial charge in [0.1, 0.15) is 0 Å². The molecule has 0 aliphatic heterocycles. The first-order chi connectivity index (χ1) is 9.03. The van der Waals surface area contributed by atoms with Crippen molar-refractivity contribution in [2.24, 2.45) is 5.73 Å². The molecule has 0 spiro atoms. The molecule has 0 aromatic rings. The summed E-state index contributed by atoms with van der Waals surface area (Å²) in [6.07, 6.45) is 6.80. The molecule has 0 aromatic heterocycles. The quantitative estimate of drug-likeness (QED) is 0.563. The summed E-state index contributed by atoms with van der Waals surface area (Å²) in [5.74, 6) is -0.226. The number of primary amides is 1. The summed E-state index contributed by atoms with van der Waals surface area (Å²) in [4.78, 5) is 14.1. The van der Waals surface area contributed by atoms with Crippen LogP contribution in [0.15, 0.2) is 0 Å². The summed E-state index contributed by atoms with van der Waals surface area (Å²) >= 11 is 0. The number of amides is 1. The van der Waals surface area contributed by atoms with Crippen molar-refractivity contribution in [2.45, 2.75) is 70.9 Å². The molecule has 4 nitrogen and oxygen atoms in total. The van der Waals surface area contributed by atoms with Crippen molar-refractivity contribution in [1.29, 1.82) is 0 Å². The first kappa shape index (κ1) is 16.4. The van der Waals surface area contributed by atoms with E-state index in [-0.39, 0.29) is 5.91 Å². The summed E-state index contributed by atoms with van der Waals surface area (Å²) in [5.41, 5.74) is 4.99. The van der Waals surface area contributed by atoms with E-state index in [1.165, 1.54) is 12.8 Å². The molecule has 1 atom stereocenters. The second-order valence-electron chi connectivity index (χ2n) is 5.94. The van der Waals surface area contributed by atoms with Crippen molar-refractivity contribution in [1.82, 2.24) is 10.2 Å². The molecule has 1 aliphatic rings. The molecule has 0 heterocycles. The van der Waals surface area contributed by atoms with Crippen molar-refractivity contribution in [2.75, 3.05) is 19.6 Å². The first-order valence-corrected chi connectivity index (χ1v) is 7.82. The molecule has 1 aliphatic carbocycles. The van der Waals surface area contributed by atoms with Crippen LogP contribution in [-0.2, 0) is 4.79 Å². The fourth-order valence-electron chi connectivity index (χ4n) is 2.53. The van der Waals surface area contributed by atoms with Crippen LogP contribution < -0.4 is 11.1 Å². The normalized spacial score (nSPS) is 18.5. The SMILES string of the molecule is CCCNC(C)(CCCCN(CC)C1CC1)C(N)=O. The topological polar surface area (TPSA) is 58.4 Å². The third-order valence-electron chi connectivity index (χ3n) is 4.15. The van der Waals surface area contributed by atoms with E-state index in [1.807, 2.05) is 6.92 Å². The Labute approximate surface area is 118 Å². The minimum Gasteiger partial charge on any atom is -0.368 e. The van der Waals surface area contributed by atoms with E-state index in [4.69, 9.17) is 5.73 Å². The average Bonchev–Trinajstić information content (AvgIpc) is 3.20.